The summed E-state index contributed by atoms with van der Waals surface area (Å²) < 4.78 is 11.4. The Morgan fingerprint density at radius 2 is 2.21 bits per heavy atom. The first-order valence-electron chi connectivity index (χ1n) is 7.68. The highest BCUT2D eigenvalue weighted by Crippen LogP contribution is 2.38. The summed E-state index contributed by atoms with van der Waals surface area (Å²) in [5.74, 6) is 0.983. The molecule has 0 N–H and O–H groups in total. The number of amides is 1. The number of nitrogens with zero attached hydrogens (tertiary/aromatic N) is 1. The van der Waals surface area contributed by atoms with Gasteiger partial charge in [-0.15, -0.1) is 0 Å². The molecule has 0 aromatic heterocycles. The smallest absolute Gasteiger partial charge is 0.222 e. The Morgan fingerprint density at radius 1 is 1.42 bits per heavy atom. The van der Waals surface area contributed by atoms with Gasteiger partial charge in [0.15, 0.2) is 0 Å². The number of rotatable bonds is 6. The van der Waals surface area contributed by atoms with Crippen molar-refractivity contribution in [3.8, 4) is 0 Å². The van der Waals surface area contributed by atoms with Gasteiger partial charge in [-0.2, -0.15) is 0 Å². The van der Waals surface area contributed by atoms with E-state index in [1.54, 1.807) is 0 Å². The minimum Gasteiger partial charge on any atom is -0.382 e. The highest BCUT2D eigenvalue weighted by molar-refractivity contribution is 5.77. The Balaban J connectivity index is 1.74. The van der Waals surface area contributed by atoms with Crippen LogP contribution in [0.15, 0.2) is 0 Å². The van der Waals surface area contributed by atoms with E-state index in [-0.39, 0.29) is 11.5 Å². The lowest BCUT2D eigenvalue weighted by atomic mass is 9.79. The van der Waals surface area contributed by atoms with Crippen molar-refractivity contribution in [1.29, 1.82) is 0 Å². The van der Waals surface area contributed by atoms with Crippen molar-refractivity contribution >= 4 is 5.91 Å². The second-order valence-electron chi connectivity index (χ2n) is 5.88. The molecule has 0 unspecified atom stereocenters. The van der Waals surface area contributed by atoms with Crippen LogP contribution in [0.25, 0.3) is 0 Å². The van der Waals surface area contributed by atoms with Crippen LogP contribution in [0, 0.1) is 5.92 Å². The maximum Gasteiger partial charge on any atom is 0.222 e. The Morgan fingerprint density at radius 3 is 2.89 bits per heavy atom. The molecule has 2 rings (SSSR count). The minimum absolute atomic E-state index is 0.0292. The molecule has 110 valence electrons. The molecule has 2 aliphatic rings. The number of hydrogen-bond donors (Lipinski definition) is 0. The second-order valence-corrected chi connectivity index (χ2v) is 5.88. The lowest BCUT2D eigenvalue weighted by Crippen LogP contribution is -2.66. The van der Waals surface area contributed by atoms with Gasteiger partial charge in [0.25, 0.3) is 0 Å². The summed E-state index contributed by atoms with van der Waals surface area (Å²) >= 11 is 0. The fourth-order valence-corrected chi connectivity index (χ4v) is 3.19. The van der Waals surface area contributed by atoms with Crippen LogP contribution in [0.2, 0.25) is 0 Å². The zero-order valence-corrected chi connectivity index (χ0v) is 12.3. The van der Waals surface area contributed by atoms with Crippen LogP contribution in [-0.4, -0.2) is 49.3 Å². The van der Waals surface area contributed by atoms with E-state index in [0.717, 1.165) is 58.6 Å². The van der Waals surface area contributed by atoms with Gasteiger partial charge >= 0.3 is 0 Å². The summed E-state index contributed by atoms with van der Waals surface area (Å²) in [4.78, 5) is 13.7. The third-order valence-electron chi connectivity index (χ3n) is 4.24. The number of carbonyl (C=O) groups excluding carboxylic acids is 1. The minimum atomic E-state index is -0.0292. The predicted octanol–water partition coefficient (Wildman–Crippen LogP) is 2.22. The van der Waals surface area contributed by atoms with Gasteiger partial charge in [0, 0.05) is 26.2 Å². The molecule has 1 spiro atoms. The highest BCUT2D eigenvalue weighted by Gasteiger charge is 2.48. The lowest BCUT2D eigenvalue weighted by Gasteiger charge is -2.53. The van der Waals surface area contributed by atoms with Crippen molar-refractivity contribution in [3.63, 3.8) is 0 Å². The largest absolute Gasteiger partial charge is 0.382 e. The summed E-state index contributed by atoms with van der Waals surface area (Å²) in [5, 5.41) is 0. The molecule has 0 bridgehead atoms. The van der Waals surface area contributed by atoms with E-state index in [2.05, 4.69) is 0 Å². The van der Waals surface area contributed by atoms with Crippen molar-refractivity contribution in [1.82, 2.24) is 4.90 Å². The maximum atomic E-state index is 11.8. The molecular formula is C15H27NO3. The van der Waals surface area contributed by atoms with Crippen molar-refractivity contribution in [2.24, 2.45) is 5.92 Å². The van der Waals surface area contributed by atoms with Crippen molar-refractivity contribution in [2.75, 3.05) is 32.9 Å². The number of carbonyl (C=O) groups is 1. The van der Waals surface area contributed by atoms with E-state index in [1.165, 1.54) is 0 Å². The molecule has 1 atom stereocenters. The molecule has 0 aromatic rings. The van der Waals surface area contributed by atoms with E-state index in [9.17, 15) is 4.79 Å². The fraction of sp³-hybridized carbons (Fsp3) is 0.933. The summed E-state index contributed by atoms with van der Waals surface area (Å²) in [6.45, 7) is 8.19. The quantitative estimate of drug-likeness (QED) is 0.694. The van der Waals surface area contributed by atoms with Crippen LogP contribution in [0.3, 0.4) is 0 Å². The van der Waals surface area contributed by atoms with E-state index in [0.29, 0.717) is 12.3 Å². The number of likely N-dealkylation sites (tertiary alicyclic amines) is 1. The van der Waals surface area contributed by atoms with Crippen molar-refractivity contribution in [2.45, 2.75) is 51.6 Å². The molecule has 19 heavy (non-hydrogen) atoms. The van der Waals surface area contributed by atoms with Gasteiger partial charge < -0.3 is 14.4 Å². The zero-order valence-electron chi connectivity index (χ0n) is 12.3. The molecule has 2 fully saturated rings. The monoisotopic (exact) mass is 269 g/mol. The van der Waals surface area contributed by atoms with Crippen molar-refractivity contribution < 1.29 is 14.3 Å². The SMILES string of the molecule is CCCC(=O)N1CC2(C[C@@H](CCOCC)CCO2)C1. The summed E-state index contributed by atoms with van der Waals surface area (Å²) in [6, 6.07) is 0. The summed E-state index contributed by atoms with van der Waals surface area (Å²) in [5.41, 5.74) is -0.0292. The first-order valence-corrected chi connectivity index (χ1v) is 7.68. The molecule has 2 saturated heterocycles. The molecule has 0 radical (unpaired) electrons. The van der Waals surface area contributed by atoms with Gasteiger partial charge in [-0.1, -0.05) is 6.92 Å². The van der Waals surface area contributed by atoms with Gasteiger partial charge in [0.05, 0.1) is 13.1 Å². The number of hydrogen-bond acceptors (Lipinski definition) is 3. The first-order chi connectivity index (χ1) is 9.19. The third-order valence-corrected chi connectivity index (χ3v) is 4.24. The number of ether oxygens (including phenoxy) is 2. The van der Waals surface area contributed by atoms with E-state index >= 15 is 0 Å². The molecule has 0 aromatic carbocycles. The van der Waals surface area contributed by atoms with Crippen LogP contribution in [0.5, 0.6) is 0 Å². The van der Waals surface area contributed by atoms with Gasteiger partial charge in [0.2, 0.25) is 5.91 Å². The standard InChI is InChI=1S/C15H27NO3/c1-3-5-14(17)16-11-15(12-16)10-13(7-9-19-15)6-8-18-4-2/h13H,3-12H2,1-2H3/t13-/m0/s1. The van der Waals surface area contributed by atoms with Gasteiger partial charge in [-0.05, 0) is 38.5 Å². The Hall–Kier alpha value is -0.610. The maximum absolute atomic E-state index is 11.8. The van der Waals surface area contributed by atoms with E-state index < -0.39 is 0 Å². The van der Waals surface area contributed by atoms with Gasteiger partial charge in [-0.3, -0.25) is 4.79 Å². The molecule has 2 heterocycles. The van der Waals surface area contributed by atoms with Crippen LogP contribution in [0.1, 0.15) is 46.0 Å². The molecule has 2 aliphatic heterocycles. The summed E-state index contributed by atoms with van der Waals surface area (Å²) in [7, 11) is 0. The third kappa shape index (κ3) is 3.69. The predicted molar refractivity (Wildman–Crippen MR) is 74.0 cm³/mol. The van der Waals surface area contributed by atoms with Gasteiger partial charge in [-0.25, -0.2) is 0 Å². The Bertz CT molecular complexity index is 300. The normalized spacial score (nSPS) is 25.4. The molecule has 4 nitrogen and oxygen atoms in total. The first kappa shape index (κ1) is 14.8. The zero-order chi connectivity index (χ0) is 13.7. The van der Waals surface area contributed by atoms with Crippen LogP contribution in [-0.2, 0) is 14.3 Å². The highest BCUT2D eigenvalue weighted by atomic mass is 16.5. The van der Waals surface area contributed by atoms with Gasteiger partial charge in [0.1, 0.15) is 5.60 Å². The molecule has 4 heteroatoms. The molecule has 0 saturated carbocycles. The Kier molecular flexibility index (Phi) is 5.22. The molecule has 0 aliphatic carbocycles. The average Bonchev–Trinajstić information content (AvgIpc) is 2.37. The fourth-order valence-electron chi connectivity index (χ4n) is 3.19. The lowest BCUT2D eigenvalue weighted by molar-refractivity contribution is -0.189. The van der Waals surface area contributed by atoms with Crippen LogP contribution < -0.4 is 0 Å². The van der Waals surface area contributed by atoms with E-state index in [4.69, 9.17) is 9.47 Å². The molecule has 1 amide bonds. The van der Waals surface area contributed by atoms with Crippen LogP contribution in [0.4, 0.5) is 0 Å². The average molecular weight is 269 g/mol. The Labute approximate surface area is 116 Å². The molecular weight excluding hydrogens is 242 g/mol. The van der Waals surface area contributed by atoms with E-state index in [1.807, 2.05) is 18.7 Å². The second kappa shape index (κ2) is 6.71. The summed E-state index contributed by atoms with van der Waals surface area (Å²) in [6.07, 6.45) is 4.96. The van der Waals surface area contributed by atoms with Crippen molar-refractivity contribution in [3.05, 3.63) is 0 Å². The topological polar surface area (TPSA) is 38.8 Å². The van der Waals surface area contributed by atoms with Crippen LogP contribution >= 0.6 is 0 Å².